The number of hydrogen-bond donors (Lipinski definition) is 0. The van der Waals surface area contributed by atoms with Gasteiger partial charge in [0.05, 0.1) is 12.6 Å². The monoisotopic (exact) mass is 845 g/mol. The zero-order valence-corrected chi connectivity index (χ0v) is 38.7. The van der Waals surface area contributed by atoms with E-state index in [1.54, 1.807) is 28.5 Å². The molecule has 0 fully saturated rings. The summed E-state index contributed by atoms with van der Waals surface area (Å²) in [6.07, 6.45) is 24.1. The molecule has 320 valence electrons. The normalized spacial score (nSPS) is 12.8. The van der Waals surface area contributed by atoms with E-state index < -0.39 is 0 Å². The van der Waals surface area contributed by atoms with E-state index in [2.05, 4.69) is 159 Å². The van der Waals surface area contributed by atoms with Crippen molar-refractivity contribution in [3.05, 3.63) is 176 Å². The Morgan fingerprint density at radius 3 is 1.70 bits per heavy atom. The van der Waals surface area contributed by atoms with Crippen LogP contribution in [0.5, 0.6) is 0 Å². The molecular formula is C59H63N3S. The van der Waals surface area contributed by atoms with Gasteiger partial charge in [0.2, 0.25) is 0 Å². The van der Waals surface area contributed by atoms with Crippen LogP contribution >= 0.6 is 11.3 Å². The summed E-state index contributed by atoms with van der Waals surface area (Å²) in [5, 5.41) is 9.14. The highest BCUT2D eigenvalue weighted by molar-refractivity contribution is 7.13. The molecule has 0 N–H and O–H groups in total. The Morgan fingerprint density at radius 2 is 1.10 bits per heavy atom. The minimum Gasteiger partial charge on any atom is -0.311 e. The molecule has 6 aromatic rings. The number of nitrogens with zero attached hydrogens (tertiary/aromatic N) is 3. The molecule has 1 aromatic heterocycles. The molecule has 0 saturated carbocycles. The van der Waals surface area contributed by atoms with Crippen LogP contribution in [0.15, 0.2) is 127 Å². The van der Waals surface area contributed by atoms with Crippen molar-refractivity contribution in [3.8, 4) is 28.3 Å². The summed E-state index contributed by atoms with van der Waals surface area (Å²) in [7, 11) is 0. The van der Waals surface area contributed by atoms with E-state index >= 15 is 0 Å². The number of rotatable bonds is 21. The molecule has 0 spiro atoms. The number of allylic oxidation sites excluding steroid dienone is 1. The van der Waals surface area contributed by atoms with Gasteiger partial charge in [0.25, 0.3) is 5.70 Å². The standard InChI is InChI=1S/C59H63N3S/c1-6-8-10-12-14-16-38-59(39-17-15-13-11-9-7-2)57-40-45(4)20-36-55(57)56-37-26-48(41-58(56)59)47-24-31-52(32-25-47)62(50-27-18-44(3)19-28-50)51-29-21-46(22-30-51)23-33-53-34-35-54(63-53)42-49(43-60)61-5/h18-37,40-42H,6-17,38-39H2,1-4H3/b33-23+,49-42+. The maximum atomic E-state index is 9.14. The van der Waals surface area contributed by atoms with Crippen molar-refractivity contribution < 1.29 is 0 Å². The van der Waals surface area contributed by atoms with Crippen molar-refractivity contribution in [1.82, 2.24) is 0 Å². The molecule has 0 atom stereocenters. The van der Waals surface area contributed by atoms with Gasteiger partial charge in [-0.05, 0) is 132 Å². The second-order valence-corrected chi connectivity index (χ2v) is 18.7. The maximum Gasteiger partial charge on any atom is 0.263 e. The van der Waals surface area contributed by atoms with E-state index in [-0.39, 0.29) is 11.1 Å². The van der Waals surface area contributed by atoms with Gasteiger partial charge in [-0.2, -0.15) is 0 Å². The number of hydrogen-bond acceptors (Lipinski definition) is 3. The molecule has 4 heteroatoms. The maximum absolute atomic E-state index is 9.14. The lowest BCUT2D eigenvalue weighted by molar-refractivity contribution is 0.398. The van der Waals surface area contributed by atoms with Gasteiger partial charge in [-0.1, -0.05) is 175 Å². The second-order valence-electron chi connectivity index (χ2n) is 17.6. The minimum atomic E-state index is 0.0524. The molecule has 0 saturated heterocycles. The Labute approximate surface area is 382 Å². The van der Waals surface area contributed by atoms with Crippen LogP contribution in [0, 0.1) is 31.8 Å². The van der Waals surface area contributed by atoms with Crippen LogP contribution in [-0.2, 0) is 5.41 Å². The predicted octanol–water partition coefficient (Wildman–Crippen LogP) is 18.2. The number of anilines is 3. The fourth-order valence-electron chi connectivity index (χ4n) is 9.48. The molecule has 0 bridgehead atoms. The third kappa shape index (κ3) is 11.0. The van der Waals surface area contributed by atoms with Gasteiger partial charge in [-0.25, -0.2) is 10.1 Å². The fraction of sp³-hybridized carbons (Fsp3) is 0.322. The van der Waals surface area contributed by atoms with Crippen LogP contribution in [0.3, 0.4) is 0 Å². The molecule has 0 aliphatic heterocycles. The van der Waals surface area contributed by atoms with Crippen LogP contribution in [0.25, 0.3) is 45.3 Å². The van der Waals surface area contributed by atoms with Crippen molar-refractivity contribution in [1.29, 1.82) is 5.26 Å². The van der Waals surface area contributed by atoms with Gasteiger partial charge in [-0.15, -0.1) is 11.3 Å². The van der Waals surface area contributed by atoms with Crippen LogP contribution in [0.1, 0.15) is 141 Å². The van der Waals surface area contributed by atoms with Gasteiger partial charge in [0.1, 0.15) is 0 Å². The second kappa shape index (κ2) is 21.9. The molecule has 5 aromatic carbocycles. The number of thiophene rings is 1. The quantitative estimate of drug-likeness (QED) is 0.0411. The Hall–Kier alpha value is -5.94. The molecule has 7 rings (SSSR count). The van der Waals surface area contributed by atoms with Crippen LogP contribution in [-0.4, -0.2) is 0 Å². The molecule has 0 radical (unpaired) electrons. The Bertz CT molecular complexity index is 2540. The first kappa shape index (κ1) is 45.1. The van der Waals surface area contributed by atoms with E-state index in [0.29, 0.717) is 0 Å². The van der Waals surface area contributed by atoms with Gasteiger partial charge < -0.3 is 4.90 Å². The summed E-state index contributed by atoms with van der Waals surface area (Å²) in [5.41, 5.74) is 15.7. The first-order chi connectivity index (χ1) is 30.8. The Kier molecular flexibility index (Phi) is 15.7. The molecule has 1 aliphatic rings. The van der Waals surface area contributed by atoms with Gasteiger partial charge in [0, 0.05) is 32.2 Å². The number of benzene rings is 5. The number of aryl methyl sites for hydroxylation is 2. The highest BCUT2D eigenvalue weighted by Crippen LogP contribution is 2.55. The lowest BCUT2D eigenvalue weighted by Crippen LogP contribution is -2.25. The first-order valence-corrected chi connectivity index (χ1v) is 24.3. The van der Waals surface area contributed by atoms with Crippen molar-refractivity contribution in [2.45, 2.75) is 123 Å². The van der Waals surface area contributed by atoms with Gasteiger partial charge in [-0.3, -0.25) is 0 Å². The Balaban J connectivity index is 1.17. The first-order valence-electron chi connectivity index (χ1n) is 23.5. The molecule has 3 nitrogen and oxygen atoms in total. The van der Waals surface area contributed by atoms with Crippen molar-refractivity contribution in [2.75, 3.05) is 4.90 Å². The van der Waals surface area contributed by atoms with E-state index in [0.717, 1.165) is 32.4 Å². The largest absolute Gasteiger partial charge is 0.311 e. The van der Waals surface area contributed by atoms with Gasteiger partial charge in [0.15, 0.2) is 0 Å². The fourth-order valence-corrected chi connectivity index (χ4v) is 10.3. The Morgan fingerprint density at radius 1 is 0.587 bits per heavy atom. The summed E-state index contributed by atoms with van der Waals surface area (Å²) >= 11 is 1.56. The topological polar surface area (TPSA) is 31.4 Å². The lowest BCUT2D eigenvalue weighted by atomic mass is 9.70. The third-order valence-corrected chi connectivity index (χ3v) is 13.9. The lowest BCUT2D eigenvalue weighted by Gasteiger charge is -2.33. The molecule has 1 heterocycles. The van der Waals surface area contributed by atoms with Crippen molar-refractivity contribution in [2.24, 2.45) is 0 Å². The SMILES string of the molecule is [C-]#[N+]/C(C#N)=C/c1ccc(/C=C/c2ccc(N(c3ccc(C)cc3)c3ccc(-c4ccc5c(c4)C(CCCCCCCC)(CCCCCCCC)c4cc(C)ccc4-5)cc3)cc2)s1. The predicted molar refractivity (Wildman–Crippen MR) is 272 cm³/mol. The zero-order chi connectivity index (χ0) is 44.0. The van der Waals surface area contributed by atoms with Crippen LogP contribution < -0.4 is 4.90 Å². The molecule has 63 heavy (non-hydrogen) atoms. The number of nitriles is 1. The van der Waals surface area contributed by atoms with E-state index in [1.807, 2.05) is 18.2 Å². The van der Waals surface area contributed by atoms with Crippen LogP contribution in [0.2, 0.25) is 0 Å². The van der Waals surface area contributed by atoms with E-state index in [4.69, 9.17) is 11.8 Å². The molecule has 1 aliphatic carbocycles. The molecule has 0 unspecified atom stereocenters. The smallest absolute Gasteiger partial charge is 0.263 e. The molecular weight excluding hydrogens is 783 g/mol. The average Bonchev–Trinajstić information content (AvgIpc) is 3.87. The highest BCUT2D eigenvalue weighted by atomic mass is 32.1. The van der Waals surface area contributed by atoms with Crippen LogP contribution in [0.4, 0.5) is 17.1 Å². The van der Waals surface area contributed by atoms with Crippen molar-refractivity contribution in [3.63, 3.8) is 0 Å². The zero-order valence-electron chi connectivity index (χ0n) is 37.9. The average molecular weight is 846 g/mol. The highest BCUT2D eigenvalue weighted by Gasteiger charge is 2.42. The number of unbranched alkanes of at least 4 members (excludes halogenated alkanes) is 10. The number of fused-ring (bicyclic) bond motifs is 3. The van der Waals surface area contributed by atoms with Crippen molar-refractivity contribution >= 4 is 46.6 Å². The molecule has 0 amide bonds. The third-order valence-electron chi connectivity index (χ3n) is 12.9. The summed E-state index contributed by atoms with van der Waals surface area (Å²) in [6, 6.07) is 47.2. The summed E-state index contributed by atoms with van der Waals surface area (Å²) in [5.74, 6) is 0. The minimum absolute atomic E-state index is 0.0524. The van der Waals surface area contributed by atoms with Gasteiger partial charge >= 0.3 is 0 Å². The van der Waals surface area contributed by atoms with E-state index in [1.165, 1.54) is 123 Å². The van der Waals surface area contributed by atoms with E-state index in [9.17, 15) is 0 Å². The summed E-state index contributed by atoms with van der Waals surface area (Å²) < 4.78 is 0. The summed E-state index contributed by atoms with van der Waals surface area (Å²) in [4.78, 5) is 7.59. The summed E-state index contributed by atoms with van der Waals surface area (Å²) in [6.45, 7) is 16.2.